The third-order valence-electron chi connectivity index (χ3n) is 8.83. The summed E-state index contributed by atoms with van der Waals surface area (Å²) in [5.74, 6) is 0.783. The van der Waals surface area contributed by atoms with Crippen LogP contribution in [-0.2, 0) is 5.41 Å². The van der Waals surface area contributed by atoms with Crippen LogP contribution in [0, 0.1) is 0 Å². The van der Waals surface area contributed by atoms with Crippen LogP contribution in [0.3, 0.4) is 0 Å². The number of anilines is 1. The summed E-state index contributed by atoms with van der Waals surface area (Å²) in [4.78, 5) is 20.5. The maximum Gasteiger partial charge on any atom is 0.228 e. The van der Waals surface area contributed by atoms with Crippen LogP contribution in [0.5, 0.6) is 5.75 Å². The van der Waals surface area contributed by atoms with Crippen molar-refractivity contribution in [3.63, 3.8) is 0 Å². The second-order valence-corrected chi connectivity index (χ2v) is 12.3. The molecule has 0 saturated heterocycles. The molecule has 0 fully saturated rings. The van der Waals surface area contributed by atoms with Crippen LogP contribution < -0.4 is 15.1 Å². The molecule has 0 N–H and O–H groups in total. The molecule has 6 aromatic rings. The fourth-order valence-corrected chi connectivity index (χ4v) is 7.60. The van der Waals surface area contributed by atoms with Gasteiger partial charge in [0.2, 0.25) is 5.72 Å². The van der Waals surface area contributed by atoms with E-state index in [-0.39, 0.29) is 10.8 Å². The first-order valence-electron chi connectivity index (χ1n) is 13.5. The van der Waals surface area contributed by atoms with Gasteiger partial charge in [-0.15, -0.1) is 11.3 Å². The quantitative estimate of drug-likeness (QED) is 0.197. The van der Waals surface area contributed by atoms with Gasteiger partial charge in [0.15, 0.2) is 5.43 Å². The summed E-state index contributed by atoms with van der Waals surface area (Å²) in [6, 6.07) is 33.1. The summed E-state index contributed by atoms with van der Waals surface area (Å²) >= 11 is 1.66. The minimum absolute atomic E-state index is 0.0865. The zero-order valence-electron chi connectivity index (χ0n) is 22.4. The molecule has 1 atom stereocenters. The van der Waals surface area contributed by atoms with Crippen LogP contribution >= 0.6 is 11.3 Å². The SMILES string of the molecule is CN1c2ccccc2C(C)(C)C12C=Nc1c(ccc3cc(-c4ccc5sc6ccccc6c(=O)c5c4)ccc13)O2. The number of aliphatic imine (C=N–C) groups is 1. The standard InChI is InChI=1S/C35H26N2O2S/c1-34(2)27-9-5-6-10-28(27)37(3)35(34)20-36-32-24-15-12-21(18-23(24)13-16-29(32)39-35)22-14-17-31-26(19-22)33(38)25-8-4-7-11-30(25)40-31/h4-20H,1-3H3. The van der Waals surface area contributed by atoms with Crippen molar-refractivity contribution in [2.24, 2.45) is 4.99 Å². The molecule has 5 aromatic carbocycles. The molecule has 1 unspecified atom stereocenters. The van der Waals surface area contributed by atoms with E-state index in [1.54, 1.807) is 11.3 Å². The molecule has 0 radical (unpaired) electrons. The van der Waals surface area contributed by atoms with Crippen molar-refractivity contribution in [1.82, 2.24) is 0 Å². The topological polar surface area (TPSA) is 41.9 Å². The van der Waals surface area contributed by atoms with E-state index in [4.69, 9.17) is 9.73 Å². The first-order chi connectivity index (χ1) is 19.4. The third kappa shape index (κ3) is 3.01. The van der Waals surface area contributed by atoms with E-state index >= 15 is 0 Å². The van der Waals surface area contributed by atoms with Gasteiger partial charge in [-0.05, 0) is 78.4 Å². The van der Waals surface area contributed by atoms with Gasteiger partial charge >= 0.3 is 0 Å². The van der Waals surface area contributed by atoms with Gasteiger partial charge in [0.25, 0.3) is 0 Å². The molecule has 1 spiro atoms. The number of rotatable bonds is 1. The Bertz CT molecular complexity index is 2130. The van der Waals surface area contributed by atoms with Crippen LogP contribution in [0.15, 0.2) is 107 Å². The molecule has 0 aliphatic carbocycles. The van der Waals surface area contributed by atoms with Crippen molar-refractivity contribution in [2.45, 2.75) is 25.0 Å². The van der Waals surface area contributed by atoms with Crippen LogP contribution in [0.1, 0.15) is 19.4 Å². The molecule has 194 valence electrons. The summed E-state index contributed by atoms with van der Waals surface area (Å²) in [6.07, 6.45) is 1.98. The molecule has 0 bridgehead atoms. The summed E-state index contributed by atoms with van der Waals surface area (Å²) in [7, 11) is 2.08. The molecule has 40 heavy (non-hydrogen) atoms. The smallest absolute Gasteiger partial charge is 0.228 e. The fraction of sp³-hybridized carbons (Fsp3) is 0.143. The van der Waals surface area contributed by atoms with E-state index < -0.39 is 5.72 Å². The van der Waals surface area contributed by atoms with E-state index in [1.807, 2.05) is 42.6 Å². The van der Waals surface area contributed by atoms with Gasteiger partial charge in [0.1, 0.15) is 11.4 Å². The Morgan fingerprint density at radius 2 is 1.52 bits per heavy atom. The summed E-state index contributed by atoms with van der Waals surface area (Å²) in [6.45, 7) is 4.44. The Morgan fingerprint density at radius 1 is 0.775 bits per heavy atom. The Hall–Kier alpha value is -4.48. The highest BCUT2D eigenvalue weighted by molar-refractivity contribution is 7.24. The molecule has 0 amide bonds. The molecular formula is C35H26N2O2S. The van der Waals surface area contributed by atoms with E-state index in [9.17, 15) is 4.79 Å². The van der Waals surface area contributed by atoms with Gasteiger partial charge in [-0.3, -0.25) is 9.79 Å². The minimum atomic E-state index is -0.705. The number of fused-ring (bicyclic) bond motifs is 6. The van der Waals surface area contributed by atoms with E-state index in [1.165, 1.54) is 11.3 Å². The van der Waals surface area contributed by atoms with Crippen molar-refractivity contribution in [3.8, 4) is 16.9 Å². The van der Waals surface area contributed by atoms with Crippen molar-refractivity contribution < 1.29 is 4.74 Å². The molecule has 2 aliphatic heterocycles. The monoisotopic (exact) mass is 538 g/mol. The van der Waals surface area contributed by atoms with Crippen molar-refractivity contribution in [2.75, 3.05) is 11.9 Å². The Balaban J connectivity index is 1.21. The van der Waals surface area contributed by atoms with Gasteiger partial charge in [0.05, 0.1) is 11.6 Å². The lowest BCUT2D eigenvalue weighted by atomic mass is 9.77. The maximum absolute atomic E-state index is 13.3. The molecule has 8 rings (SSSR count). The molecule has 5 heteroatoms. The summed E-state index contributed by atoms with van der Waals surface area (Å²) in [5, 5.41) is 3.66. The van der Waals surface area contributed by atoms with Crippen LogP contribution in [-0.4, -0.2) is 19.0 Å². The number of nitrogens with zero attached hydrogens (tertiary/aromatic N) is 2. The first kappa shape index (κ1) is 23.4. The molecule has 1 aromatic heterocycles. The maximum atomic E-state index is 13.3. The second kappa shape index (κ2) is 8.03. The first-order valence-corrected chi connectivity index (χ1v) is 14.3. The number of hydrogen-bond acceptors (Lipinski definition) is 5. The van der Waals surface area contributed by atoms with E-state index in [0.717, 1.165) is 53.5 Å². The average molecular weight is 539 g/mol. The number of para-hydroxylation sites is 1. The number of hydrogen-bond donors (Lipinski definition) is 0. The predicted molar refractivity (Wildman–Crippen MR) is 168 cm³/mol. The second-order valence-electron chi connectivity index (χ2n) is 11.2. The van der Waals surface area contributed by atoms with Gasteiger partial charge in [-0.1, -0.05) is 54.6 Å². The normalized spacial score (nSPS) is 18.8. The predicted octanol–water partition coefficient (Wildman–Crippen LogP) is 8.45. The molecule has 4 nitrogen and oxygen atoms in total. The van der Waals surface area contributed by atoms with Crippen LogP contribution in [0.4, 0.5) is 11.4 Å². The lowest BCUT2D eigenvalue weighted by Crippen LogP contribution is -2.61. The Kier molecular flexibility index (Phi) is 4.70. The van der Waals surface area contributed by atoms with Crippen LogP contribution in [0.2, 0.25) is 0 Å². The third-order valence-corrected chi connectivity index (χ3v) is 9.98. The van der Waals surface area contributed by atoms with Gasteiger partial charge in [0, 0.05) is 38.3 Å². The highest BCUT2D eigenvalue weighted by Crippen LogP contribution is 2.54. The molecular weight excluding hydrogens is 512 g/mol. The van der Waals surface area contributed by atoms with Gasteiger partial charge < -0.3 is 9.64 Å². The number of ether oxygens (including phenoxy) is 1. The van der Waals surface area contributed by atoms with Crippen LogP contribution in [0.25, 0.3) is 42.1 Å². The highest BCUT2D eigenvalue weighted by Gasteiger charge is 2.58. The lowest BCUT2D eigenvalue weighted by molar-refractivity contribution is 0.0826. The zero-order valence-corrected chi connectivity index (χ0v) is 23.3. The molecule has 2 aliphatic rings. The summed E-state index contributed by atoms with van der Waals surface area (Å²) in [5.41, 5.74) is 4.45. The fourth-order valence-electron chi connectivity index (χ4n) is 6.55. The Labute approximate surface area is 235 Å². The van der Waals surface area contributed by atoms with Crippen molar-refractivity contribution in [3.05, 3.63) is 113 Å². The summed E-state index contributed by atoms with van der Waals surface area (Å²) < 4.78 is 8.87. The van der Waals surface area contributed by atoms with Gasteiger partial charge in [-0.25, -0.2) is 0 Å². The largest absolute Gasteiger partial charge is 0.459 e. The van der Waals surface area contributed by atoms with Crippen molar-refractivity contribution in [1.29, 1.82) is 0 Å². The zero-order chi connectivity index (χ0) is 27.2. The lowest BCUT2D eigenvalue weighted by Gasteiger charge is -2.45. The average Bonchev–Trinajstić information content (AvgIpc) is 3.14. The van der Waals surface area contributed by atoms with E-state index in [2.05, 4.69) is 86.5 Å². The molecule has 0 saturated carbocycles. The Morgan fingerprint density at radius 3 is 2.40 bits per heavy atom. The number of benzene rings is 5. The van der Waals surface area contributed by atoms with Gasteiger partial charge in [-0.2, -0.15) is 0 Å². The van der Waals surface area contributed by atoms with Crippen molar-refractivity contribution >= 4 is 59.9 Å². The highest BCUT2D eigenvalue weighted by atomic mass is 32.1. The number of likely N-dealkylation sites (N-methyl/N-ethyl adjacent to an activating group) is 1. The van der Waals surface area contributed by atoms with E-state index in [0.29, 0.717) is 0 Å². The minimum Gasteiger partial charge on any atom is -0.459 e. The molecule has 3 heterocycles.